The quantitative estimate of drug-likeness (QED) is 0.587. The molecule has 3 N–H and O–H groups in total. The van der Waals surface area contributed by atoms with Gasteiger partial charge in [-0.1, -0.05) is 20.3 Å². The normalized spacial score (nSPS) is 12.2. The molecule has 1 rings (SSSR count). The van der Waals surface area contributed by atoms with Crippen LogP contribution in [0.3, 0.4) is 0 Å². The molecule has 0 saturated heterocycles. The second kappa shape index (κ2) is 6.23. The van der Waals surface area contributed by atoms with Crippen molar-refractivity contribution in [1.29, 1.82) is 5.41 Å². The number of nitrogen functional groups attached to an aromatic ring is 1. The summed E-state index contributed by atoms with van der Waals surface area (Å²) in [6, 6.07) is 1.83. The first kappa shape index (κ1) is 13.5. The van der Waals surface area contributed by atoms with Crippen molar-refractivity contribution in [2.45, 2.75) is 33.6 Å². The highest BCUT2D eigenvalue weighted by molar-refractivity contribution is 5.98. The van der Waals surface area contributed by atoms with Gasteiger partial charge in [0.05, 0.1) is 12.2 Å². The molecule has 0 aliphatic carbocycles. The van der Waals surface area contributed by atoms with Crippen LogP contribution < -0.4 is 10.5 Å². The zero-order chi connectivity index (χ0) is 12.8. The van der Waals surface area contributed by atoms with Gasteiger partial charge in [0.1, 0.15) is 5.84 Å². The third-order valence-electron chi connectivity index (χ3n) is 2.68. The average Bonchev–Trinajstić information content (AvgIpc) is 2.26. The minimum Gasteiger partial charge on any atom is -0.477 e. The molecule has 0 aliphatic heterocycles. The molecule has 1 heterocycles. The molecular weight excluding hydrogens is 214 g/mol. The number of ether oxygens (including phenoxy) is 1. The highest BCUT2D eigenvalue weighted by Crippen LogP contribution is 2.19. The minimum absolute atomic E-state index is 0.00810. The predicted octanol–water partition coefficient (Wildman–Crippen LogP) is 2.49. The van der Waals surface area contributed by atoms with E-state index in [-0.39, 0.29) is 5.84 Å². The molecule has 4 heteroatoms. The summed E-state index contributed by atoms with van der Waals surface area (Å²) < 4.78 is 5.66. The lowest BCUT2D eigenvalue weighted by Gasteiger charge is -2.14. The standard InChI is InChI=1S/C13H21N3O/c1-4-5-9(2)8-17-13-11(12(14)15)10(3)6-7-16-13/h6-7,9H,4-5,8H2,1-3H3,(H3,14,15). The van der Waals surface area contributed by atoms with E-state index in [1.54, 1.807) is 6.20 Å². The van der Waals surface area contributed by atoms with E-state index in [1.165, 1.54) is 0 Å². The SMILES string of the molecule is CCCC(C)COc1nccc(C)c1C(=N)N. The van der Waals surface area contributed by atoms with Crippen molar-refractivity contribution in [3.8, 4) is 5.88 Å². The maximum Gasteiger partial charge on any atom is 0.224 e. The summed E-state index contributed by atoms with van der Waals surface area (Å²) in [4.78, 5) is 4.15. The molecule has 1 aromatic heterocycles. The van der Waals surface area contributed by atoms with Crippen molar-refractivity contribution in [2.24, 2.45) is 11.7 Å². The number of nitrogens with one attached hydrogen (secondary N) is 1. The van der Waals surface area contributed by atoms with Gasteiger partial charge in [0, 0.05) is 6.20 Å². The van der Waals surface area contributed by atoms with Gasteiger partial charge in [0.2, 0.25) is 5.88 Å². The summed E-state index contributed by atoms with van der Waals surface area (Å²) in [6.07, 6.45) is 3.95. The second-order valence-electron chi connectivity index (χ2n) is 4.43. The van der Waals surface area contributed by atoms with Gasteiger partial charge in [-0.3, -0.25) is 5.41 Å². The summed E-state index contributed by atoms with van der Waals surface area (Å²) in [5.41, 5.74) is 7.07. The van der Waals surface area contributed by atoms with Gasteiger partial charge in [0.25, 0.3) is 0 Å². The van der Waals surface area contributed by atoms with Crippen molar-refractivity contribution in [2.75, 3.05) is 6.61 Å². The Morgan fingerprint density at radius 3 is 2.88 bits per heavy atom. The molecular formula is C13H21N3O. The van der Waals surface area contributed by atoms with Crippen LogP contribution in [0.4, 0.5) is 0 Å². The number of nitrogens with two attached hydrogens (primary N) is 1. The molecule has 1 aromatic rings. The number of hydrogen-bond acceptors (Lipinski definition) is 3. The molecule has 1 unspecified atom stereocenters. The van der Waals surface area contributed by atoms with Crippen LogP contribution in [0.5, 0.6) is 5.88 Å². The van der Waals surface area contributed by atoms with Crippen LogP contribution in [0.15, 0.2) is 12.3 Å². The number of nitrogens with zero attached hydrogens (tertiary/aromatic N) is 1. The Hall–Kier alpha value is -1.58. The molecule has 0 aliphatic rings. The first-order valence-electron chi connectivity index (χ1n) is 5.99. The third kappa shape index (κ3) is 3.73. The van der Waals surface area contributed by atoms with Gasteiger partial charge in [-0.2, -0.15) is 0 Å². The van der Waals surface area contributed by atoms with Crippen molar-refractivity contribution in [3.63, 3.8) is 0 Å². The topological polar surface area (TPSA) is 72.0 Å². The van der Waals surface area contributed by atoms with Gasteiger partial charge in [-0.25, -0.2) is 4.98 Å². The number of pyridine rings is 1. The van der Waals surface area contributed by atoms with Crippen LogP contribution in [0.2, 0.25) is 0 Å². The van der Waals surface area contributed by atoms with Crippen LogP contribution in [0.25, 0.3) is 0 Å². The van der Waals surface area contributed by atoms with E-state index in [1.807, 2.05) is 13.0 Å². The summed E-state index contributed by atoms with van der Waals surface area (Å²) in [7, 11) is 0. The molecule has 1 atom stereocenters. The van der Waals surface area contributed by atoms with E-state index in [9.17, 15) is 0 Å². The zero-order valence-corrected chi connectivity index (χ0v) is 10.8. The molecule has 0 bridgehead atoms. The van der Waals surface area contributed by atoms with Gasteiger partial charge in [0.15, 0.2) is 0 Å². The first-order chi connectivity index (χ1) is 8.06. The van der Waals surface area contributed by atoms with E-state index >= 15 is 0 Å². The Balaban J connectivity index is 2.77. The second-order valence-corrected chi connectivity index (χ2v) is 4.43. The number of aryl methyl sites for hydroxylation is 1. The third-order valence-corrected chi connectivity index (χ3v) is 2.68. The Morgan fingerprint density at radius 1 is 1.59 bits per heavy atom. The molecule has 4 nitrogen and oxygen atoms in total. The van der Waals surface area contributed by atoms with E-state index < -0.39 is 0 Å². The molecule has 0 aromatic carbocycles. The lowest BCUT2D eigenvalue weighted by molar-refractivity contribution is 0.242. The summed E-state index contributed by atoms with van der Waals surface area (Å²) in [6.45, 7) is 6.82. The molecule has 94 valence electrons. The molecule has 0 saturated carbocycles. The maximum atomic E-state index is 7.54. The fourth-order valence-corrected chi connectivity index (χ4v) is 1.77. The number of hydrogen-bond donors (Lipinski definition) is 2. The van der Waals surface area contributed by atoms with Crippen molar-refractivity contribution < 1.29 is 4.74 Å². The van der Waals surface area contributed by atoms with Crippen molar-refractivity contribution in [1.82, 2.24) is 4.98 Å². The van der Waals surface area contributed by atoms with Crippen LogP contribution in [-0.4, -0.2) is 17.4 Å². The monoisotopic (exact) mass is 235 g/mol. The Morgan fingerprint density at radius 2 is 2.29 bits per heavy atom. The summed E-state index contributed by atoms with van der Waals surface area (Å²) >= 11 is 0. The zero-order valence-electron chi connectivity index (χ0n) is 10.8. The van der Waals surface area contributed by atoms with Crippen LogP contribution in [0.1, 0.15) is 37.8 Å². The van der Waals surface area contributed by atoms with E-state index in [2.05, 4.69) is 18.8 Å². The van der Waals surface area contributed by atoms with E-state index in [0.29, 0.717) is 24.0 Å². The van der Waals surface area contributed by atoms with Crippen molar-refractivity contribution in [3.05, 3.63) is 23.4 Å². The maximum absolute atomic E-state index is 7.54. The predicted molar refractivity (Wildman–Crippen MR) is 69.6 cm³/mol. The van der Waals surface area contributed by atoms with Crippen LogP contribution >= 0.6 is 0 Å². The van der Waals surface area contributed by atoms with Crippen molar-refractivity contribution >= 4 is 5.84 Å². The van der Waals surface area contributed by atoms with Gasteiger partial charge >= 0.3 is 0 Å². The fourth-order valence-electron chi connectivity index (χ4n) is 1.77. The number of amidine groups is 1. The fraction of sp³-hybridized carbons (Fsp3) is 0.538. The highest BCUT2D eigenvalue weighted by atomic mass is 16.5. The molecule has 0 amide bonds. The van der Waals surface area contributed by atoms with E-state index in [4.69, 9.17) is 15.9 Å². The first-order valence-corrected chi connectivity index (χ1v) is 5.99. The summed E-state index contributed by atoms with van der Waals surface area (Å²) in [5, 5.41) is 7.54. The molecule has 17 heavy (non-hydrogen) atoms. The number of aromatic nitrogens is 1. The van der Waals surface area contributed by atoms with Gasteiger partial charge in [-0.05, 0) is 30.9 Å². The van der Waals surface area contributed by atoms with Gasteiger partial charge in [-0.15, -0.1) is 0 Å². The Labute approximate surface area is 103 Å². The van der Waals surface area contributed by atoms with Crippen LogP contribution in [-0.2, 0) is 0 Å². The van der Waals surface area contributed by atoms with Crippen LogP contribution in [0, 0.1) is 18.3 Å². The largest absolute Gasteiger partial charge is 0.477 e. The minimum atomic E-state index is 0.00810. The Bertz CT molecular complexity index is 390. The average molecular weight is 235 g/mol. The van der Waals surface area contributed by atoms with Gasteiger partial charge < -0.3 is 10.5 Å². The molecule has 0 fully saturated rings. The smallest absolute Gasteiger partial charge is 0.224 e. The Kier molecular flexibility index (Phi) is 4.94. The lowest BCUT2D eigenvalue weighted by atomic mass is 10.1. The summed E-state index contributed by atoms with van der Waals surface area (Å²) in [5.74, 6) is 0.969. The lowest BCUT2D eigenvalue weighted by Crippen LogP contribution is -2.17. The highest BCUT2D eigenvalue weighted by Gasteiger charge is 2.12. The molecule has 0 radical (unpaired) electrons. The number of rotatable bonds is 6. The molecule has 0 spiro atoms. The van der Waals surface area contributed by atoms with E-state index in [0.717, 1.165) is 18.4 Å².